The number of nitrogens with zero attached hydrogens (tertiary/aromatic N) is 1. The summed E-state index contributed by atoms with van der Waals surface area (Å²) in [5.74, 6) is -0.744. The number of primary amides is 1. The summed E-state index contributed by atoms with van der Waals surface area (Å²) in [4.78, 5) is 12.9. The second-order valence-corrected chi connectivity index (χ2v) is 5.47. The summed E-state index contributed by atoms with van der Waals surface area (Å²) in [6.07, 6.45) is -3.80. The van der Waals surface area contributed by atoms with Gasteiger partial charge >= 0.3 is 6.18 Å². The molecule has 1 aliphatic heterocycles. The zero-order valence-electron chi connectivity index (χ0n) is 11.7. The van der Waals surface area contributed by atoms with Crippen molar-refractivity contribution in [1.82, 2.24) is 0 Å². The molecule has 21 heavy (non-hydrogen) atoms. The van der Waals surface area contributed by atoms with Gasteiger partial charge in [-0.05, 0) is 30.5 Å². The van der Waals surface area contributed by atoms with Gasteiger partial charge < -0.3 is 16.4 Å². The van der Waals surface area contributed by atoms with E-state index in [0.717, 1.165) is 18.6 Å². The van der Waals surface area contributed by atoms with E-state index in [1.54, 1.807) is 0 Å². The Morgan fingerprint density at radius 3 is 2.57 bits per heavy atom. The van der Waals surface area contributed by atoms with Crippen molar-refractivity contribution in [3.05, 3.63) is 29.3 Å². The lowest BCUT2D eigenvalue weighted by atomic mass is 9.93. The molecule has 0 aliphatic carbocycles. The molecule has 1 aliphatic rings. The summed E-state index contributed by atoms with van der Waals surface area (Å²) in [5.41, 5.74) is 9.88. The predicted molar refractivity (Wildman–Crippen MR) is 73.9 cm³/mol. The topological polar surface area (TPSA) is 72.3 Å². The van der Waals surface area contributed by atoms with Crippen LogP contribution in [0.5, 0.6) is 0 Å². The highest BCUT2D eigenvalue weighted by molar-refractivity contribution is 5.95. The number of amides is 1. The fourth-order valence-electron chi connectivity index (χ4n) is 2.51. The average Bonchev–Trinajstić information content (AvgIpc) is 2.40. The Bertz CT molecular complexity index is 545. The Morgan fingerprint density at radius 1 is 1.38 bits per heavy atom. The summed E-state index contributed by atoms with van der Waals surface area (Å²) < 4.78 is 39.1. The first-order chi connectivity index (χ1) is 9.70. The maximum atomic E-state index is 13.0. The predicted octanol–water partition coefficient (Wildman–Crippen LogP) is 1.98. The number of halogens is 3. The van der Waals surface area contributed by atoms with Crippen molar-refractivity contribution >= 4 is 11.6 Å². The fraction of sp³-hybridized carbons (Fsp3) is 0.500. The number of carbonyl (C=O) groups is 1. The SMILES string of the molecule is CC1CCN(c2ccc(C(N)=O)c(C(F)(F)F)c2)CC1N. The van der Waals surface area contributed by atoms with Crippen LogP contribution < -0.4 is 16.4 Å². The van der Waals surface area contributed by atoms with E-state index in [9.17, 15) is 18.0 Å². The van der Waals surface area contributed by atoms with E-state index in [2.05, 4.69) is 0 Å². The van der Waals surface area contributed by atoms with E-state index < -0.39 is 23.2 Å². The van der Waals surface area contributed by atoms with E-state index in [4.69, 9.17) is 11.5 Å². The third-order valence-corrected chi connectivity index (χ3v) is 3.96. The van der Waals surface area contributed by atoms with Gasteiger partial charge in [0.05, 0.1) is 11.1 Å². The average molecular weight is 301 g/mol. The van der Waals surface area contributed by atoms with Gasteiger partial charge in [0.1, 0.15) is 0 Å². The van der Waals surface area contributed by atoms with Crippen LogP contribution in [0.4, 0.5) is 18.9 Å². The molecular formula is C14H18F3N3O. The number of carbonyl (C=O) groups excluding carboxylic acids is 1. The lowest BCUT2D eigenvalue weighted by Crippen LogP contribution is -2.47. The number of anilines is 1. The minimum absolute atomic E-state index is 0.0797. The molecule has 2 unspecified atom stereocenters. The van der Waals surface area contributed by atoms with Crippen LogP contribution >= 0.6 is 0 Å². The van der Waals surface area contributed by atoms with Gasteiger partial charge in [-0.25, -0.2) is 0 Å². The summed E-state index contributed by atoms with van der Waals surface area (Å²) in [7, 11) is 0. The number of benzene rings is 1. The summed E-state index contributed by atoms with van der Waals surface area (Å²) in [6.45, 7) is 3.16. The van der Waals surface area contributed by atoms with E-state index in [0.29, 0.717) is 24.7 Å². The van der Waals surface area contributed by atoms with E-state index in [1.165, 1.54) is 6.07 Å². The minimum Gasteiger partial charge on any atom is -0.370 e. The number of hydrogen-bond acceptors (Lipinski definition) is 3. The fourth-order valence-corrected chi connectivity index (χ4v) is 2.51. The van der Waals surface area contributed by atoms with Gasteiger partial charge in [-0.15, -0.1) is 0 Å². The van der Waals surface area contributed by atoms with E-state index in [1.807, 2.05) is 11.8 Å². The molecule has 2 atom stereocenters. The Kier molecular flexibility index (Phi) is 4.13. The molecule has 7 heteroatoms. The maximum absolute atomic E-state index is 13.0. The van der Waals surface area contributed by atoms with Crippen LogP contribution in [0.15, 0.2) is 18.2 Å². The molecule has 1 aromatic carbocycles. The smallest absolute Gasteiger partial charge is 0.370 e. The molecule has 1 heterocycles. The maximum Gasteiger partial charge on any atom is 0.417 e. The van der Waals surface area contributed by atoms with Gasteiger partial charge in [-0.2, -0.15) is 13.2 Å². The highest BCUT2D eigenvalue weighted by Gasteiger charge is 2.36. The second kappa shape index (κ2) is 5.55. The molecule has 1 amide bonds. The highest BCUT2D eigenvalue weighted by Crippen LogP contribution is 2.35. The third kappa shape index (κ3) is 3.29. The normalized spacial score (nSPS) is 23.2. The van der Waals surface area contributed by atoms with Crippen LogP contribution in [0, 0.1) is 5.92 Å². The number of hydrogen-bond donors (Lipinski definition) is 2. The van der Waals surface area contributed by atoms with Gasteiger partial charge in [0.15, 0.2) is 0 Å². The molecule has 1 aromatic rings. The number of nitrogens with two attached hydrogens (primary N) is 2. The minimum atomic E-state index is -4.62. The summed E-state index contributed by atoms with van der Waals surface area (Å²) in [5, 5.41) is 0. The zero-order chi connectivity index (χ0) is 15.8. The van der Waals surface area contributed by atoms with Crippen molar-refractivity contribution in [2.24, 2.45) is 17.4 Å². The Labute approximate surface area is 120 Å². The first kappa shape index (κ1) is 15.6. The molecule has 0 spiro atoms. The molecule has 1 saturated heterocycles. The number of alkyl halides is 3. The van der Waals surface area contributed by atoms with Gasteiger partial charge in [-0.3, -0.25) is 4.79 Å². The van der Waals surface area contributed by atoms with Crippen LogP contribution in [0.3, 0.4) is 0 Å². The number of rotatable bonds is 2. The van der Waals surface area contributed by atoms with Crippen molar-refractivity contribution in [1.29, 1.82) is 0 Å². The number of piperidine rings is 1. The van der Waals surface area contributed by atoms with Crippen molar-refractivity contribution in [2.45, 2.75) is 25.6 Å². The first-order valence-corrected chi connectivity index (χ1v) is 6.71. The van der Waals surface area contributed by atoms with Crippen LogP contribution in [-0.4, -0.2) is 25.0 Å². The van der Waals surface area contributed by atoms with Crippen molar-refractivity contribution in [3.8, 4) is 0 Å². The molecular weight excluding hydrogens is 283 g/mol. The van der Waals surface area contributed by atoms with Crippen LogP contribution in [-0.2, 0) is 6.18 Å². The van der Waals surface area contributed by atoms with Crippen molar-refractivity contribution in [3.63, 3.8) is 0 Å². The van der Waals surface area contributed by atoms with Crippen molar-refractivity contribution in [2.75, 3.05) is 18.0 Å². The highest BCUT2D eigenvalue weighted by atomic mass is 19.4. The summed E-state index contributed by atoms with van der Waals surface area (Å²) >= 11 is 0. The Hall–Kier alpha value is -1.76. The summed E-state index contributed by atoms with van der Waals surface area (Å²) in [6, 6.07) is 3.51. The lowest BCUT2D eigenvalue weighted by molar-refractivity contribution is -0.137. The quantitative estimate of drug-likeness (QED) is 0.877. The van der Waals surface area contributed by atoms with Gasteiger partial charge in [0, 0.05) is 24.8 Å². The standard InChI is InChI=1S/C14H18F3N3O/c1-8-4-5-20(7-12(8)18)9-2-3-10(13(19)21)11(6-9)14(15,16)17/h2-3,6,8,12H,4-5,7,18H2,1H3,(H2,19,21). The zero-order valence-corrected chi connectivity index (χ0v) is 11.7. The van der Waals surface area contributed by atoms with Gasteiger partial charge in [-0.1, -0.05) is 6.92 Å². The molecule has 2 rings (SSSR count). The first-order valence-electron chi connectivity index (χ1n) is 6.71. The van der Waals surface area contributed by atoms with E-state index in [-0.39, 0.29) is 6.04 Å². The molecule has 0 radical (unpaired) electrons. The molecule has 116 valence electrons. The molecule has 4 nitrogen and oxygen atoms in total. The third-order valence-electron chi connectivity index (χ3n) is 3.96. The van der Waals surface area contributed by atoms with E-state index >= 15 is 0 Å². The van der Waals surface area contributed by atoms with Crippen LogP contribution in [0.2, 0.25) is 0 Å². The molecule has 1 fully saturated rings. The molecule has 4 N–H and O–H groups in total. The Balaban J connectivity index is 2.36. The molecule has 0 saturated carbocycles. The van der Waals surface area contributed by atoms with Crippen LogP contribution in [0.1, 0.15) is 29.3 Å². The van der Waals surface area contributed by atoms with Gasteiger partial charge in [0.2, 0.25) is 5.91 Å². The molecule has 0 bridgehead atoms. The lowest BCUT2D eigenvalue weighted by Gasteiger charge is -2.36. The Morgan fingerprint density at radius 2 is 2.05 bits per heavy atom. The van der Waals surface area contributed by atoms with Crippen LogP contribution in [0.25, 0.3) is 0 Å². The second-order valence-electron chi connectivity index (χ2n) is 5.47. The molecule has 0 aromatic heterocycles. The van der Waals surface area contributed by atoms with Gasteiger partial charge in [0.25, 0.3) is 0 Å². The van der Waals surface area contributed by atoms with Crippen molar-refractivity contribution < 1.29 is 18.0 Å². The monoisotopic (exact) mass is 301 g/mol. The largest absolute Gasteiger partial charge is 0.417 e.